The van der Waals surface area contributed by atoms with Crippen LogP contribution in [0.15, 0.2) is 12.3 Å². The smallest absolute Gasteiger partial charge is 0.131 e. The first-order chi connectivity index (χ1) is 9.93. The molecule has 1 aliphatic carbocycles. The lowest BCUT2D eigenvalue weighted by atomic mass is 9.88. The van der Waals surface area contributed by atoms with Crippen molar-refractivity contribution in [3.63, 3.8) is 0 Å². The summed E-state index contributed by atoms with van der Waals surface area (Å²) in [7, 11) is 4.06. The van der Waals surface area contributed by atoms with Gasteiger partial charge < -0.3 is 15.1 Å². The summed E-state index contributed by atoms with van der Waals surface area (Å²) in [5.74, 6) is 1.30. The lowest BCUT2D eigenvalue weighted by molar-refractivity contribution is 0.0707. The second-order valence-corrected chi connectivity index (χ2v) is 6.61. The van der Waals surface area contributed by atoms with Gasteiger partial charge in [0.1, 0.15) is 5.82 Å². The van der Waals surface area contributed by atoms with E-state index in [1.54, 1.807) is 0 Å². The molecule has 2 N–H and O–H groups in total. The normalized spacial score (nSPS) is 29.5. The molecule has 0 spiro atoms. The van der Waals surface area contributed by atoms with Crippen LogP contribution in [0.5, 0.6) is 0 Å². The summed E-state index contributed by atoms with van der Waals surface area (Å²) in [6, 6.07) is 2.21. The maximum atomic E-state index is 10.2. The average molecular weight is 293 g/mol. The largest absolute Gasteiger partial charge is 0.396 e. The molecule has 0 aromatic carbocycles. The van der Waals surface area contributed by atoms with Crippen molar-refractivity contribution in [3.8, 4) is 0 Å². The minimum absolute atomic E-state index is 0.0261. The lowest BCUT2D eigenvalue weighted by Crippen LogP contribution is -2.35. The highest BCUT2D eigenvalue weighted by Crippen LogP contribution is 2.36. The van der Waals surface area contributed by atoms with Gasteiger partial charge in [0, 0.05) is 36.4 Å². The predicted octanol–water partition coefficient (Wildman–Crippen LogP) is 1.06. The molecule has 0 bridgehead atoms. The Kier molecular flexibility index (Phi) is 5.30. The molecule has 5 nitrogen and oxygen atoms in total. The highest BCUT2D eigenvalue weighted by molar-refractivity contribution is 5.09. The summed E-state index contributed by atoms with van der Waals surface area (Å²) in [6.45, 7) is 4.19. The number of aliphatic hydroxyl groups is 2. The molecule has 1 heterocycles. The molecular weight excluding hydrogens is 266 g/mol. The minimum atomic E-state index is -0.432. The Morgan fingerprint density at radius 1 is 1.33 bits per heavy atom. The molecule has 5 heteroatoms. The predicted molar refractivity (Wildman–Crippen MR) is 82.0 cm³/mol. The summed E-state index contributed by atoms with van der Waals surface area (Å²) in [5.41, 5.74) is 0.998. The number of nitrogens with zero attached hydrogens (tertiary/aromatic N) is 3. The molecule has 4 atom stereocenters. The van der Waals surface area contributed by atoms with E-state index in [9.17, 15) is 10.2 Å². The Labute approximate surface area is 127 Å². The van der Waals surface area contributed by atoms with Gasteiger partial charge in [-0.3, -0.25) is 0 Å². The molecular formula is C16H27N3O2. The number of aromatic nitrogens is 2. The van der Waals surface area contributed by atoms with Crippen LogP contribution in [0.3, 0.4) is 0 Å². The summed E-state index contributed by atoms with van der Waals surface area (Å²) in [4.78, 5) is 11.1. The molecule has 1 fully saturated rings. The minimum Gasteiger partial charge on any atom is -0.396 e. The average Bonchev–Trinajstić information content (AvgIpc) is 2.75. The van der Waals surface area contributed by atoms with Crippen molar-refractivity contribution in [2.24, 2.45) is 11.8 Å². The van der Waals surface area contributed by atoms with Crippen LogP contribution in [0.1, 0.15) is 37.7 Å². The number of aliphatic hydroxyl groups excluding tert-OH is 2. The Balaban J connectivity index is 2.20. The number of hydrogen-bond acceptors (Lipinski definition) is 5. The fraction of sp³-hybridized carbons (Fsp3) is 0.750. The molecule has 1 aliphatic rings. The van der Waals surface area contributed by atoms with E-state index in [4.69, 9.17) is 0 Å². The summed E-state index contributed by atoms with van der Waals surface area (Å²) in [5, 5.41) is 19.8. The summed E-state index contributed by atoms with van der Waals surface area (Å²) in [6.07, 6.45) is 2.86. The summed E-state index contributed by atoms with van der Waals surface area (Å²) < 4.78 is 0. The topological polar surface area (TPSA) is 69.5 Å². The van der Waals surface area contributed by atoms with Gasteiger partial charge in [0.2, 0.25) is 0 Å². The van der Waals surface area contributed by atoms with E-state index in [1.165, 1.54) is 0 Å². The molecule has 21 heavy (non-hydrogen) atoms. The molecule has 0 radical (unpaired) electrons. The first-order valence-electron chi connectivity index (χ1n) is 7.71. The van der Waals surface area contributed by atoms with Crippen LogP contribution in [0.4, 0.5) is 0 Å². The molecule has 0 unspecified atom stereocenters. The maximum absolute atomic E-state index is 10.2. The molecule has 0 amide bonds. The molecule has 0 saturated heterocycles. The molecule has 0 aliphatic heterocycles. The van der Waals surface area contributed by atoms with Gasteiger partial charge in [-0.25, -0.2) is 9.97 Å². The number of hydrogen-bond donors (Lipinski definition) is 2. The molecule has 118 valence electrons. The van der Waals surface area contributed by atoms with Crippen LogP contribution in [-0.2, 0) is 6.42 Å². The Morgan fingerprint density at radius 3 is 2.62 bits per heavy atom. The highest BCUT2D eigenvalue weighted by atomic mass is 16.3. The highest BCUT2D eigenvalue weighted by Gasteiger charge is 2.43. The van der Waals surface area contributed by atoms with Crippen LogP contribution < -0.4 is 0 Å². The third-order valence-electron chi connectivity index (χ3n) is 4.59. The Morgan fingerprint density at radius 2 is 2.05 bits per heavy atom. The van der Waals surface area contributed by atoms with Crippen LogP contribution in [-0.4, -0.2) is 57.9 Å². The molecule has 1 aromatic heterocycles. The second kappa shape index (κ2) is 6.81. The van der Waals surface area contributed by atoms with Crippen molar-refractivity contribution in [3.05, 3.63) is 23.8 Å². The van der Waals surface area contributed by atoms with Gasteiger partial charge in [-0.05, 0) is 38.9 Å². The number of rotatable bonds is 5. The van der Waals surface area contributed by atoms with Crippen molar-refractivity contribution < 1.29 is 10.2 Å². The maximum Gasteiger partial charge on any atom is 0.131 e. The zero-order valence-corrected chi connectivity index (χ0v) is 13.4. The monoisotopic (exact) mass is 293 g/mol. The first-order valence-corrected chi connectivity index (χ1v) is 7.71. The first kappa shape index (κ1) is 16.3. The molecule has 1 aromatic rings. The third-order valence-corrected chi connectivity index (χ3v) is 4.59. The van der Waals surface area contributed by atoms with E-state index >= 15 is 0 Å². The van der Waals surface area contributed by atoms with Gasteiger partial charge in [0.25, 0.3) is 0 Å². The van der Waals surface area contributed by atoms with Gasteiger partial charge in [0.15, 0.2) is 0 Å². The van der Waals surface area contributed by atoms with E-state index < -0.39 is 6.10 Å². The van der Waals surface area contributed by atoms with E-state index in [1.807, 2.05) is 26.4 Å². The Hall–Kier alpha value is -1.04. The van der Waals surface area contributed by atoms with Crippen molar-refractivity contribution >= 4 is 0 Å². The Bertz CT molecular complexity index is 465. The van der Waals surface area contributed by atoms with Crippen LogP contribution in [0.2, 0.25) is 0 Å². The van der Waals surface area contributed by atoms with Crippen LogP contribution >= 0.6 is 0 Å². The second-order valence-electron chi connectivity index (χ2n) is 6.61. The van der Waals surface area contributed by atoms with E-state index in [2.05, 4.69) is 28.7 Å². The van der Waals surface area contributed by atoms with Crippen molar-refractivity contribution in [2.75, 3.05) is 20.7 Å². The van der Waals surface area contributed by atoms with Gasteiger partial charge in [-0.1, -0.05) is 13.8 Å². The van der Waals surface area contributed by atoms with Crippen LogP contribution in [0.25, 0.3) is 0 Å². The molecule has 1 saturated carbocycles. The fourth-order valence-corrected chi connectivity index (χ4v) is 3.35. The standard InChI is InChI=1S/C16H27N3O2/c1-10(2)16-17-6-5-11(18-16)7-12-13(9-20)15(21)8-14(12)19(3)4/h5-6,10,12-15,20-21H,7-9H2,1-4H3/t12-,13-,14-,15-/m1/s1. The zero-order valence-electron chi connectivity index (χ0n) is 13.4. The quantitative estimate of drug-likeness (QED) is 0.849. The molecule has 2 rings (SSSR count). The van der Waals surface area contributed by atoms with Gasteiger partial charge in [-0.15, -0.1) is 0 Å². The SMILES string of the molecule is CC(C)c1nccc(C[C@@H]2[C@@H](CO)[C@H](O)C[C@H]2N(C)C)n1. The van der Waals surface area contributed by atoms with Gasteiger partial charge in [0.05, 0.1) is 6.10 Å². The lowest BCUT2D eigenvalue weighted by Gasteiger charge is -2.28. The third kappa shape index (κ3) is 3.59. The zero-order chi connectivity index (χ0) is 15.6. The van der Waals surface area contributed by atoms with E-state index in [0.29, 0.717) is 12.3 Å². The fourth-order valence-electron chi connectivity index (χ4n) is 3.35. The van der Waals surface area contributed by atoms with Crippen LogP contribution in [0, 0.1) is 11.8 Å². The van der Waals surface area contributed by atoms with E-state index in [0.717, 1.165) is 17.9 Å². The van der Waals surface area contributed by atoms with Gasteiger partial charge in [-0.2, -0.15) is 0 Å². The van der Waals surface area contributed by atoms with Crippen molar-refractivity contribution in [1.82, 2.24) is 14.9 Å². The van der Waals surface area contributed by atoms with Gasteiger partial charge >= 0.3 is 0 Å². The van der Waals surface area contributed by atoms with Crippen molar-refractivity contribution in [2.45, 2.75) is 44.8 Å². The van der Waals surface area contributed by atoms with Crippen molar-refractivity contribution in [1.29, 1.82) is 0 Å². The summed E-state index contributed by atoms with van der Waals surface area (Å²) >= 11 is 0. The van der Waals surface area contributed by atoms with E-state index in [-0.39, 0.29) is 24.5 Å².